The summed E-state index contributed by atoms with van der Waals surface area (Å²) < 4.78 is 20.6. The Hall–Kier alpha value is -3.91. The standard InChI is InChI=1S/C38H44O8/c1-20(2)10-9-15-36(8)16-14-24-29(39)28-30(40)26-18-23-19-27-35(6,7)46-37(33(23)41,17-13-22(5)34(42)43)38(26,27)45-32(28)25(31(24)44-36)12-11-21(3)4/h10-11,13-14,16,18,23,27,39H,9,12,15,17,19H2,1-8H3,(H,42,43)/b22-13-/t23-,27?,36?,37?,38-/m1/s1. The Balaban J connectivity index is 1.59. The Morgan fingerprint density at radius 2 is 1.70 bits per heavy atom. The van der Waals surface area contributed by atoms with Gasteiger partial charge in [0.05, 0.1) is 11.2 Å². The fourth-order valence-corrected chi connectivity index (χ4v) is 8.17. The molecule has 0 radical (unpaired) electrons. The molecule has 46 heavy (non-hydrogen) atoms. The highest BCUT2D eigenvalue weighted by atomic mass is 16.6. The van der Waals surface area contributed by atoms with Gasteiger partial charge in [-0.1, -0.05) is 35.5 Å². The van der Waals surface area contributed by atoms with E-state index in [1.165, 1.54) is 18.6 Å². The van der Waals surface area contributed by atoms with Crippen molar-refractivity contribution in [2.75, 3.05) is 0 Å². The Labute approximate surface area is 270 Å². The molecule has 5 atom stereocenters. The number of Topliss-reactive ketones (excluding diaryl/α,β-unsaturated/α-hetero) is 2. The fraction of sp³-hybridized carbons (Fsp3) is 0.500. The molecular formula is C38H44O8. The number of rotatable bonds is 8. The van der Waals surface area contributed by atoms with Crippen molar-refractivity contribution in [3.63, 3.8) is 0 Å². The third-order valence-corrected chi connectivity index (χ3v) is 10.5. The third kappa shape index (κ3) is 4.47. The highest BCUT2D eigenvalue weighted by Crippen LogP contribution is 2.68. The molecule has 244 valence electrons. The number of carbonyl (C=O) groups is 3. The molecular weight excluding hydrogens is 584 g/mol. The number of phenols is 1. The molecule has 3 aliphatic heterocycles. The van der Waals surface area contributed by atoms with E-state index in [9.17, 15) is 24.6 Å². The number of hydrogen-bond acceptors (Lipinski definition) is 7. The summed E-state index contributed by atoms with van der Waals surface area (Å²) in [4.78, 5) is 40.8. The lowest BCUT2D eigenvalue weighted by Crippen LogP contribution is -2.72. The highest BCUT2D eigenvalue weighted by Gasteiger charge is 2.81. The molecule has 6 aliphatic rings. The molecule has 1 aromatic carbocycles. The van der Waals surface area contributed by atoms with E-state index in [-0.39, 0.29) is 40.8 Å². The van der Waals surface area contributed by atoms with Gasteiger partial charge in [-0.15, -0.1) is 0 Å². The van der Waals surface area contributed by atoms with Crippen LogP contribution in [0.5, 0.6) is 17.2 Å². The Morgan fingerprint density at radius 1 is 1.00 bits per heavy atom. The van der Waals surface area contributed by atoms with Crippen LogP contribution >= 0.6 is 0 Å². The largest absolute Gasteiger partial charge is 0.506 e. The van der Waals surface area contributed by atoms with Gasteiger partial charge in [0.1, 0.15) is 28.4 Å². The summed E-state index contributed by atoms with van der Waals surface area (Å²) >= 11 is 0. The lowest BCUT2D eigenvalue weighted by atomic mass is 9.51. The molecule has 3 heterocycles. The lowest BCUT2D eigenvalue weighted by Gasteiger charge is -2.56. The van der Waals surface area contributed by atoms with Crippen molar-refractivity contribution in [1.29, 1.82) is 0 Å². The molecule has 1 spiro atoms. The van der Waals surface area contributed by atoms with E-state index in [0.29, 0.717) is 41.7 Å². The number of ether oxygens (including phenoxy) is 3. The second-order valence-corrected chi connectivity index (χ2v) is 14.8. The van der Waals surface area contributed by atoms with Gasteiger partial charge in [-0.2, -0.15) is 0 Å². The summed E-state index contributed by atoms with van der Waals surface area (Å²) in [6.07, 6.45) is 13.4. The van der Waals surface area contributed by atoms with E-state index in [1.54, 1.807) is 6.08 Å². The van der Waals surface area contributed by atoms with E-state index in [0.717, 1.165) is 12.0 Å². The van der Waals surface area contributed by atoms with Crippen LogP contribution in [0.15, 0.2) is 52.7 Å². The first-order valence-corrected chi connectivity index (χ1v) is 16.2. The predicted molar refractivity (Wildman–Crippen MR) is 174 cm³/mol. The minimum absolute atomic E-state index is 0.0544. The summed E-state index contributed by atoms with van der Waals surface area (Å²) in [5.74, 6) is -2.28. The van der Waals surface area contributed by atoms with Gasteiger partial charge >= 0.3 is 5.97 Å². The normalized spacial score (nSPS) is 31.2. The van der Waals surface area contributed by atoms with Crippen LogP contribution in [-0.2, 0) is 20.7 Å². The van der Waals surface area contributed by atoms with Crippen LogP contribution in [0.1, 0.15) is 103 Å². The quantitative estimate of drug-likeness (QED) is 0.228. The molecule has 0 aromatic heterocycles. The Morgan fingerprint density at radius 3 is 2.35 bits per heavy atom. The number of carbonyl (C=O) groups excluding carboxylic acids is 2. The number of aliphatic carboxylic acids is 1. The van der Waals surface area contributed by atoms with Gasteiger partial charge in [0.25, 0.3) is 0 Å². The lowest BCUT2D eigenvalue weighted by molar-refractivity contribution is -0.171. The SMILES string of the molecule is CC(C)=CCCC1(C)C=Cc2c(O)c3c(c(CC=C(C)C)c2O1)O[C@]12C(=C[C@@H]4CC1C(C)(C)OC2(C/C=C(/C)C(=O)O)C4=O)C3=O. The molecule has 1 saturated heterocycles. The van der Waals surface area contributed by atoms with Crippen LogP contribution < -0.4 is 9.47 Å². The molecule has 1 aromatic rings. The maximum absolute atomic E-state index is 14.7. The fourth-order valence-electron chi connectivity index (χ4n) is 8.17. The second kappa shape index (κ2) is 10.6. The molecule has 3 unspecified atom stereocenters. The number of phenolic OH excluding ortho intramolecular Hbond substituents is 1. The van der Waals surface area contributed by atoms with Crippen molar-refractivity contribution < 1.29 is 38.8 Å². The number of hydrogen-bond donors (Lipinski definition) is 2. The topological polar surface area (TPSA) is 119 Å². The Kier molecular flexibility index (Phi) is 7.36. The first-order chi connectivity index (χ1) is 21.5. The van der Waals surface area contributed by atoms with Crippen LogP contribution in [0.25, 0.3) is 6.08 Å². The molecule has 8 heteroatoms. The van der Waals surface area contributed by atoms with E-state index >= 15 is 0 Å². The maximum atomic E-state index is 14.7. The van der Waals surface area contributed by atoms with Gasteiger partial charge in [0.15, 0.2) is 22.8 Å². The van der Waals surface area contributed by atoms with Crippen molar-refractivity contribution in [1.82, 2.24) is 0 Å². The van der Waals surface area contributed by atoms with Crippen LogP contribution in [0.3, 0.4) is 0 Å². The minimum Gasteiger partial charge on any atom is -0.506 e. The van der Waals surface area contributed by atoms with Crippen molar-refractivity contribution in [2.24, 2.45) is 11.8 Å². The van der Waals surface area contributed by atoms with E-state index < -0.39 is 40.1 Å². The van der Waals surface area contributed by atoms with Crippen molar-refractivity contribution in [2.45, 2.75) is 110 Å². The molecule has 0 amide bonds. The average molecular weight is 629 g/mol. The number of fused-ring (bicyclic) bond motifs is 2. The number of allylic oxidation sites excluding steroid dienone is 5. The molecule has 1 saturated carbocycles. The van der Waals surface area contributed by atoms with Crippen LogP contribution in [0, 0.1) is 11.8 Å². The van der Waals surface area contributed by atoms with Crippen molar-refractivity contribution >= 4 is 23.6 Å². The maximum Gasteiger partial charge on any atom is 0.330 e. The summed E-state index contributed by atoms with van der Waals surface area (Å²) in [6, 6.07) is 0. The van der Waals surface area contributed by atoms with Gasteiger partial charge in [0, 0.05) is 35.0 Å². The molecule has 8 nitrogen and oxygen atoms in total. The van der Waals surface area contributed by atoms with E-state index in [2.05, 4.69) is 19.9 Å². The summed E-state index contributed by atoms with van der Waals surface area (Å²) in [5.41, 5.74) is -0.952. The van der Waals surface area contributed by atoms with E-state index in [4.69, 9.17) is 14.2 Å². The number of benzene rings is 1. The average Bonchev–Trinajstić information content (AvgIpc) is 3.12. The van der Waals surface area contributed by atoms with Crippen molar-refractivity contribution in [3.05, 3.63) is 69.4 Å². The zero-order chi connectivity index (χ0) is 33.6. The van der Waals surface area contributed by atoms with Crippen LogP contribution in [0.2, 0.25) is 0 Å². The zero-order valence-corrected chi connectivity index (χ0v) is 28.0. The summed E-state index contributed by atoms with van der Waals surface area (Å²) in [6.45, 7) is 15.4. The second-order valence-electron chi connectivity index (χ2n) is 14.8. The van der Waals surface area contributed by atoms with Crippen molar-refractivity contribution in [3.8, 4) is 17.2 Å². The molecule has 4 bridgehead atoms. The number of carboxylic acids is 1. The van der Waals surface area contributed by atoms with Gasteiger partial charge in [-0.05, 0) is 93.2 Å². The minimum atomic E-state index is -1.63. The van der Waals surface area contributed by atoms with E-state index in [1.807, 2.05) is 52.8 Å². The highest BCUT2D eigenvalue weighted by molar-refractivity contribution is 6.19. The van der Waals surface area contributed by atoms with Gasteiger partial charge < -0.3 is 24.4 Å². The molecule has 3 aliphatic carbocycles. The molecule has 7 rings (SSSR count). The third-order valence-electron chi connectivity index (χ3n) is 10.5. The number of carboxylic acid groups (broad SMARTS) is 1. The van der Waals surface area contributed by atoms with Crippen LogP contribution in [-0.4, -0.2) is 50.2 Å². The smallest absolute Gasteiger partial charge is 0.330 e. The van der Waals surface area contributed by atoms with Gasteiger partial charge in [-0.25, -0.2) is 4.79 Å². The summed E-state index contributed by atoms with van der Waals surface area (Å²) in [5, 5.41) is 21.4. The first-order valence-electron chi connectivity index (χ1n) is 16.2. The molecule has 2 fully saturated rings. The Bertz CT molecular complexity index is 1730. The molecule has 2 N–H and O–H groups in total. The van der Waals surface area contributed by atoms with Crippen LogP contribution in [0.4, 0.5) is 0 Å². The van der Waals surface area contributed by atoms with Gasteiger partial charge in [0.2, 0.25) is 0 Å². The predicted octanol–water partition coefficient (Wildman–Crippen LogP) is 7.24. The summed E-state index contributed by atoms with van der Waals surface area (Å²) in [7, 11) is 0. The monoisotopic (exact) mass is 628 g/mol. The first kappa shape index (κ1) is 32.0. The van der Waals surface area contributed by atoms with Gasteiger partial charge in [-0.3, -0.25) is 9.59 Å². The number of ketones is 2. The number of aromatic hydroxyl groups is 1. The zero-order valence-electron chi connectivity index (χ0n) is 28.0.